The number of fused-ring (bicyclic) bond motifs is 1. The standard InChI is InChI=1S/C25H38N2O7S/c1-18-17-20-22(33-25(8-14-31-15-9-25)10-16-35(20,29)30)26-21(18)32-13-7-19-5-11-27(12-6-19)23(28)34-24(2,3)4/h17,19H,5-16H2,1-4H3. The first-order valence-corrected chi connectivity index (χ1v) is 14.2. The zero-order chi connectivity index (χ0) is 25.3. The number of pyridine rings is 1. The number of carbonyl (C=O) groups excluding carboxylic acids is 1. The molecule has 0 atom stereocenters. The molecule has 1 aromatic heterocycles. The Labute approximate surface area is 208 Å². The lowest BCUT2D eigenvalue weighted by Crippen LogP contribution is -2.42. The number of rotatable bonds is 4. The fourth-order valence-electron chi connectivity index (χ4n) is 4.83. The fraction of sp³-hybridized carbons (Fsp3) is 0.760. The highest BCUT2D eigenvalue weighted by Gasteiger charge is 2.41. The van der Waals surface area contributed by atoms with Crippen LogP contribution >= 0.6 is 0 Å². The number of hydrogen-bond acceptors (Lipinski definition) is 8. The maximum atomic E-state index is 12.9. The van der Waals surface area contributed by atoms with E-state index in [1.807, 2.05) is 27.7 Å². The Morgan fingerprint density at radius 1 is 1.20 bits per heavy atom. The van der Waals surface area contributed by atoms with Crippen molar-refractivity contribution in [1.82, 2.24) is 9.88 Å². The van der Waals surface area contributed by atoms with Gasteiger partial charge in [0.05, 0.1) is 25.6 Å². The third-order valence-corrected chi connectivity index (χ3v) is 8.71. The van der Waals surface area contributed by atoms with Crippen LogP contribution in [-0.4, -0.2) is 74.3 Å². The molecule has 0 radical (unpaired) electrons. The van der Waals surface area contributed by atoms with E-state index in [-0.39, 0.29) is 22.6 Å². The van der Waals surface area contributed by atoms with Gasteiger partial charge in [0.2, 0.25) is 11.8 Å². The summed E-state index contributed by atoms with van der Waals surface area (Å²) in [6.07, 6.45) is 4.10. The Morgan fingerprint density at radius 2 is 1.89 bits per heavy atom. The Bertz CT molecular complexity index is 1020. The van der Waals surface area contributed by atoms with Gasteiger partial charge in [0.25, 0.3) is 0 Å². The smallest absolute Gasteiger partial charge is 0.410 e. The third kappa shape index (κ3) is 6.39. The number of sulfone groups is 1. The second-order valence-electron chi connectivity index (χ2n) is 10.9. The molecular weight excluding hydrogens is 472 g/mol. The number of ether oxygens (including phenoxy) is 4. The van der Waals surface area contributed by atoms with Gasteiger partial charge in [0.1, 0.15) is 16.1 Å². The van der Waals surface area contributed by atoms with E-state index in [0.717, 1.165) is 19.3 Å². The molecule has 0 bridgehead atoms. The van der Waals surface area contributed by atoms with Gasteiger partial charge in [0.15, 0.2) is 9.84 Å². The van der Waals surface area contributed by atoms with Crippen molar-refractivity contribution in [2.24, 2.45) is 5.92 Å². The maximum Gasteiger partial charge on any atom is 0.410 e. The first kappa shape index (κ1) is 26.0. The molecule has 0 aromatic carbocycles. The van der Waals surface area contributed by atoms with Crippen molar-refractivity contribution in [2.45, 2.75) is 82.3 Å². The second-order valence-corrected chi connectivity index (χ2v) is 13.0. The van der Waals surface area contributed by atoms with E-state index in [4.69, 9.17) is 18.9 Å². The van der Waals surface area contributed by atoms with Crippen LogP contribution < -0.4 is 9.47 Å². The van der Waals surface area contributed by atoms with Crippen molar-refractivity contribution in [3.8, 4) is 11.8 Å². The molecule has 10 heteroatoms. The largest absolute Gasteiger partial charge is 0.477 e. The molecule has 1 spiro atoms. The van der Waals surface area contributed by atoms with Crippen LogP contribution in [-0.2, 0) is 19.3 Å². The van der Waals surface area contributed by atoms with Crippen LogP contribution in [0.2, 0.25) is 0 Å². The average Bonchev–Trinajstić information content (AvgIpc) is 2.88. The van der Waals surface area contributed by atoms with Crippen molar-refractivity contribution in [1.29, 1.82) is 0 Å². The minimum absolute atomic E-state index is 0.0450. The van der Waals surface area contributed by atoms with E-state index in [1.165, 1.54) is 0 Å². The maximum absolute atomic E-state index is 12.9. The molecule has 2 saturated heterocycles. The summed E-state index contributed by atoms with van der Waals surface area (Å²) in [5.41, 5.74) is -0.370. The van der Waals surface area contributed by atoms with Crippen LogP contribution in [0.4, 0.5) is 4.79 Å². The Morgan fingerprint density at radius 3 is 2.54 bits per heavy atom. The summed E-state index contributed by atoms with van der Waals surface area (Å²) in [5.74, 6) is 1.05. The number of aryl methyl sites for hydroxylation is 1. The molecule has 3 aliphatic heterocycles. The topological polar surface area (TPSA) is 104 Å². The highest BCUT2D eigenvalue weighted by Crippen LogP contribution is 2.40. The van der Waals surface area contributed by atoms with Crippen LogP contribution in [0.25, 0.3) is 0 Å². The SMILES string of the molecule is Cc1cc2c(nc1OCCC1CCN(C(=O)OC(C)(C)C)CC1)OC1(CCOCC1)CCS2(=O)=O. The molecule has 1 amide bonds. The van der Waals surface area contributed by atoms with E-state index < -0.39 is 21.0 Å². The summed E-state index contributed by atoms with van der Waals surface area (Å²) in [4.78, 5) is 18.7. The normalized spacial score (nSPS) is 22.1. The fourth-order valence-corrected chi connectivity index (χ4v) is 6.40. The van der Waals surface area contributed by atoms with Crippen LogP contribution in [0.5, 0.6) is 11.8 Å². The van der Waals surface area contributed by atoms with Crippen LogP contribution in [0.1, 0.15) is 64.9 Å². The second kappa shape index (κ2) is 10.1. The summed E-state index contributed by atoms with van der Waals surface area (Å²) in [6.45, 7) is 10.4. The van der Waals surface area contributed by atoms with Crippen molar-refractivity contribution >= 4 is 15.9 Å². The molecule has 0 N–H and O–H groups in total. The van der Waals surface area contributed by atoms with Gasteiger partial charge in [-0.3, -0.25) is 0 Å². The van der Waals surface area contributed by atoms with Crippen molar-refractivity contribution < 1.29 is 32.2 Å². The predicted molar refractivity (Wildman–Crippen MR) is 130 cm³/mol. The first-order valence-electron chi connectivity index (χ1n) is 12.6. The van der Waals surface area contributed by atoms with Crippen LogP contribution in [0.15, 0.2) is 11.0 Å². The number of carbonyl (C=O) groups is 1. The minimum Gasteiger partial charge on any atom is -0.477 e. The number of hydrogen-bond donors (Lipinski definition) is 0. The molecular formula is C25H38N2O7S. The summed E-state index contributed by atoms with van der Waals surface area (Å²) >= 11 is 0. The lowest BCUT2D eigenvalue weighted by molar-refractivity contribution is -0.0501. The summed E-state index contributed by atoms with van der Waals surface area (Å²) < 4.78 is 49.1. The van der Waals surface area contributed by atoms with Gasteiger partial charge in [-0.15, -0.1) is 0 Å². The van der Waals surface area contributed by atoms with Gasteiger partial charge in [-0.05, 0) is 58.9 Å². The van der Waals surface area contributed by atoms with Gasteiger partial charge < -0.3 is 23.8 Å². The minimum atomic E-state index is -3.48. The van der Waals surface area contributed by atoms with E-state index in [9.17, 15) is 13.2 Å². The number of nitrogens with zero attached hydrogens (tertiary/aromatic N) is 2. The highest BCUT2D eigenvalue weighted by atomic mass is 32.2. The van der Waals surface area contributed by atoms with Gasteiger partial charge >= 0.3 is 6.09 Å². The zero-order valence-corrected chi connectivity index (χ0v) is 22.1. The predicted octanol–water partition coefficient (Wildman–Crippen LogP) is 3.91. The van der Waals surface area contributed by atoms with Gasteiger partial charge in [0, 0.05) is 37.9 Å². The molecule has 0 saturated carbocycles. The van der Waals surface area contributed by atoms with Crippen molar-refractivity contribution in [3.63, 3.8) is 0 Å². The monoisotopic (exact) mass is 510 g/mol. The van der Waals surface area contributed by atoms with Crippen molar-refractivity contribution in [2.75, 3.05) is 38.7 Å². The number of piperidine rings is 1. The quantitative estimate of drug-likeness (QED) is 0.601. The molecule has 196 valence electrons. The molecule has 2 fully saturated rings. The van der Waals surface area contributed by atoms with E-state index in [1.54, 1.807) is 11.0 Å². The Kier molecular flexibility index (Phi) is 7.52. The lowest BCUT2D eigenvalue weighted by atomic mass is 9.91. The Hall–Kier alpha value is -2.07. The van der Waals surface area contributed by atoms with Gasteiger partial charge in [-0.25, -0.2) is 13.2 Å². The zero-order valence-electron chi connectivity index (χ0n) is 21.3. The van der Waals surface area contributed by atoms with Gasteiger partial charge in [-0.2, -0.15) is 4.98 Å². The van der Waals surface area contributed by atoms with Gasteiger partial charge in [-0.1, -0.05) is 0 Å². The summed E-state index contributed by atoms with van der Waals surface area (Å²) in [5, 5.41) is 0. The third-order valence-electron chi connectivity index (χ3n) is 7.01. The van der Waals surface area contributed by atoms with E-state index >= 15 is 0 Å². The lowest BCUT2D eigenvalue weighted by Gasteiger charge is -2.35. The number of likely N-dealkylation sites (tertiary alicyclic amines) is 1. The van der Waals surface area contributed by atoms with E-state index in [2.05, 4.69) is 4.98 Å². The molecule has 0 unspecified atom stereocenters. The van der Waals surface area contributed by atoms with Crippen LogP contribution in [0, 0.1) is 12.8 Å². The Balaban J connectivity index is 1.36. The molecule has 0 aliphatic carbocycles. The average molecular weight is 511 g/mol. The molecule has 9 nitrogen and oxygen atoms in total. The first-order chi connectivity index (χ1) is 16.5. The summed E-state index contributed by atoms with van der Waals surface area (Å²) in [6, 6.07) is 1.63. The number of aromatic nitrogens is 1. The van der Waals surface area contributed by atoms with E-state index in [0.29, 0.717) is 69.5 Å². The van der Waals surface area contributed by atoms with Crippen molar-refractivity contribution in [3.05, 3.63) is 11.6 Å². The molecule has 35 heavy (non-hydrogen) atoms. The number of amides is 1. The summed E-state index contributed by atoms with van der Waals surface area (Å²) in [7, 11) is -3.48. The molecule has 4 rings (SSSR count). The molecule has 4 heterocycles. The highest BCUT2D eigenvalue weighted by molar-refractivity contribution is 7.91. The molecule has 3 aliphatic rings. The molecule has 1 aromatic rings. The van der Waals surface area contributed by atoms with Crippen LogP contribution in [0.3, 0.4) is 0 Å².